The van der Waals surface area contributed by atoms with E-state index in [1.165, 1.54) is 12.1 Å². The highest BCUT2D eigenvalue weighted by molar-refractivity contribution is 6.36. The van der Waals surface area contributed by atoms with Crippen LogP contribution < -0.4 is 0 Å². The van der Waals surface area contributed by atoms with Crippen LogP contribution >= 0.6 is 11.6 Å². The third kappa shape index (κ3) is 2.06. The summed E-state index contributed by atoms with van der Waals surface area (Å²) in [5.74, 6) is -0.295. The van der Waals surface area contributed by atoms with Gasteiger partial charge in [-0.3, -0.25) is 0 Å². The molecule has 0 amide bonds. The van der Waals surface area contributed by atoms with Gasteiger partial charge in [0.2, 0.25) is 0 Å². The zero-order valence-electron chi connectivity index (χ0n) is 10.2. The van der Waals surface area contributed by atoms with Gasteiger partial charge >= 0.3 is 0 Å². The van der Waals surface area contributed by atoms with Gasteiger partial charge in [0.1, 0.15) is 5.82 Å². The summed E-state index contributed by atoms with van der Waals surface area (Å²) in [5.41, 5.74) is 2.76. The van der Waals surface area contributed by atoms with Crippen LogP contribution in [-0.2, 0) is 0 Å². The summed E-state index contributed by atoms with van der Waals surface area (Å²) in [4.78, 5) is 8.69. The van der Waals surface area contributed by atoms with E-state index in [0.717, 1.165) is 10.9 Å². The molecule has 2 heterocycles. The summed E-state index contributed by atoms with van der Waals surface area (Å²) in [5, 5.41) is 1.42. The molecule has 0 unspecified atom stereocenters. The average molecular weight is 273 g/mol. The number of fused-ring (bicyclic) bond motifs is 1. The van der Waals surface area contributed by atoms with Crippen molar-refractivity contribution < 1.29 is 4.39 Å². The van der Waals surface area contributed by atoms with E-state index in [9.17, 15) is 4.39 Å². The van der Waals surface area contributed by atoms with Crippen molar-refractivity contribution in [3.8, 4) is 11.3 Å². The number of nitrogens with zero attached hydrogens (tertiary/aromatic N) is 2. The van der Waals surface area contributed by atoms with E-state index < -0.39 is 0 Å². The number of rotatable bonds is 1. The van der Waals surface area contributed by atoms with Crippen molar-refractivity contribution in [1.82, 2.24) is 9.97 Å². The molecule has 4 heteroatoms. The largest absolute Gasteiger partial charge is 0.237 e. The van der Waals surface area contributed by atoms with E-state index in [2.05, 4.69) is 9.97 Å². The maximum Gasteiger partial charge on any atom is 0.161 e. The lowest BCUT2D eigenvalue weighted by molar-refractivity contribution is 0.628. The van der Waals surface area contributed by atoms with Gasteiger partial charge in [-0.1, -0.05) is 23.7 Å². The third-order valence-electron chi connectivity index (χ3n) is 3.02. The molecule has 0 saturated heterocycles. The van der Waals surface area contributed by atoms with Crippen LogP contribution in [0.4, 0.5) is 4.39 Å². The Kier molecular flexibility index (Phi) is 2.91. The molecule has 0 aliphatic rings. The first-order valence-corrected chi connectivity index (χ1v) is 6.21. The predicted octanol–water partition coefficient (Wildman–Crippen LogP) is 4.40. The smallest absolute Gasteiger partial charge is 0.161 e. The fraction of sp³-hybridized carbons (Fsp3) is 0.0667. The van der Waals surface area contributed by atoms with E-state index in [4.69, 9.17) is 11.6 Å². The number of halogens is 2. The van der Waals surface area contributed by atoms with Gasteiger partial charge < -0.3 is 0 Å². The first-order chi connectivity index (χ1) is 9.16. The molecule has 0 N–H and O–H groups in total. The van der Waals surface area contributed by atoms with Gasteiger partial charge in [-0.25, -0.2) is 14.4 Å². The molecule has 1 aromatic carbocycles. The van der Waals surface area contributed by atoms with Gasteiger partial charge in [0.15, 0.2) is 5.65 Å². The molecule has 19 heavy (non-hydrogen) atoms. The maximum atomic E-state index is 13.3. The molecule has 3 rings (SSSR count). The van der Waals surface area contributed by atoms with E-state index in [1.807, 2.05) is 25.1 Å². The van der Waals surface area contributed by atoms with Crippen molar-refractivity contribution in [2.75, 3.05) is 0 Å². The number of hydrogen-bond acceptors (Lipinski definition) is 2. The van der Waals surface area contributed by atoms with Crippen LogP contribution in [0.5, 0.6) is 0 Å². The van der Waals surface area contributed by atoms with Crippen molar-refractivity contribution in [2.45, 2.75) is 6.92 Å². The molecule has 0 spiro atoms. The Morgan fingerprint density at radius 2 is 2.00 bits per heavy atom. The Morgan fingerprint density at radius 3 is 2.79 bits per heavy atom. The van der Waals surface area contributed by atoms with E-state index in [-0.39, 0.29) is 5.82 Å². The minimum atomic E-state index is -0.295. The molecule has 0 fully saturated rings. The lowest BCUT2D eigenvalue weighted by atomic mass is 10.1. The van der Waals surface area contributed by atoms with Crippen LogP contribution in [0.25, 0.3) is 22.3 Å². The minimum Gasteiger partial charge on any atom is -0.237 e. The van der Waals surface area contributed by atoms with Crippen LogP contribution in [-0.4, -0.2) is 9.97 Å². The van der Waals surface area contributed by atoms with Crippen LogP contribution in [0.15, 0.2) is 42.6 Å². The second-order valence-corrected chi connectivity index (χ2v) is 4.66. The summed E-state index contributed by atoms with van der Waals surface area (Å²) in [7, 11) is 0. The van der Waals surface area contributed by atoms with Gasteiger partial charge in [0.05, 0.1) is 10.7 Å². The standard InChI is InChI=1S/C15H10ClFN2/c1-9-13(16)12-6-3-7-18-15(12)19-14(9)10-4-2-5-11(17)8-10/h2-8H,1H3. The van der Waals surface area contributed by atoms with Crippen LogP contribution in [0.3, 0.4) is 0 Å². The molecule has 0 aliphatic carbocycles. The summed E-state index contributed by atoms with van der Waals surface area (Å²) >= 11 is 6.35. The molecule has 0 aliphatic heterocycles. The highest BCUT2D eigenvalue weighted by Crippen LogP contribution is 2.32. The molecule has 2 aromatic heterocycles. The SMILES string of the molecule is Cc1c(-c2cccc(F)c2)nc2ncccc2c1Cl. The fourth-order valence-corrected chi connectivity index (χ4v) is 2.31. The first kappa shape index (κ1) is 12.1. The highest BCUT2D eigenvalue weighted by atomic mass is 35.5. The molecular formula is C15H10ClFN2. The normalized spacial score (nSPS) is 10.9. The average Bonchev–Trinajstić information content (AvgIpc) is 2.43. The topological polar surface area (TPSA) is 25.8 Å². The zero-order valence-corrected chi connectivity index (χ0v) is 10.9. The molecule has 3 aromatic rings. The van der Waals surface area contributed by atoms with Crippen molar-refractivity contribution in [2.24, 2.45) is 0 Å². The maximum absolute atomic E-state index is 13.3. The number of aromatic nitrogens is 2. The van der Waals surface area contributed by atoms with E-state index in [1.54, 1.807) is 12.3 Å². The van der Waals surface area contributed by atoms with Gasteiger partial charge in [-0.2, -0.15) is 0 Å². The van der Waals surface area contributed by atoms with Gasteiger partial charge in [0, 0.05) is 17.1 Å². The van der Waals surface area contributed by atoms with Crippen molar-refractivity contribution in [3.63, 3.8) is 0 Å². The molecule has 0 radical (unpaired) electrons. The lowest BCUT2D eigenvalue weighted by Crippen LogP contribution is -1.94. The van der Waals surface area contributed by atoms with Gasteiger partial charge in [-0.15, -0.1) is 0 Å². The van der Waals surface area contributed by atoms with Gasteiger partial charge in [-0.05, 0) is 36.8 Å². The Labute approximate surface area is 114 Å². The fourth-order valence-electron chi connectivity index (χ4n) is 2.07. The minimum absolute atomic E-state index is 0.295. The molecule has 0 saturated carbocycles. The van der Waals surface area contributed by atoms with Crippen molar-refractivity contribution >= 4 is 22.6 Å². The van der Waals surface area contributed by atoms with Crippen LogP contribution in [0, 0.1) is 12.7 Å². The monoisotopic (exact) mass is 272 g/mol. The van der Waals surface area contributed by atoms with Gasteiger partial charge in [0.25, 0.3) is 0 Å². The summed E-state index contributed by atoms with van der Waals surface area (Å²) in [6.07, 6.45) is 1.66. The Morgan fingerprint density at radius 1 is 1.16 bits per heavy atom. The number of hydrogen-bond donors (Lipinski definition) is 0. The quantitative estimate of drug-likeness (QED) is 0.656. The predicted molar refractivity (Wildman–Crippen MR) is 74.7 cm³/mol. The van der Waals surface area contributed by atoms with Crippen molar-refractivity contribution in [1.29, 1.82) is 0 Å². The second kappa shape index (κ2) is 4.59. The molecule has 2 nitrogen and oxygen atoms in total. The molecular weight excluding hydrogens is 263 g/mol. The van der Waals surface area contributed by atoms with Crippen molar-refractivity contribution in [3.05, 3.63) is 59.0 Å². The third-order valence-corrected chi connectivity index (χ3v) is 3.51. The molecule has 94 valence electrons. The molecule has 0 atom stereocenters. The summed E-state index contributed by atoms with van der Waals surface area (Å²) in [6.45, 7) is 1.88. The van der Waals surface area contributed by atoms with Crippen LogP contribution in [0.2, 0.25) is 5.02 Å². The highest BCUT2D eigenvalue weighted by Gasteiger charge is 2.12. The summed E-state index contributed by atoms with van der Waals surface area (Å²) < 4.78 is 13.3. The first-order valence-electron chi connectivity index (χ1n) is 5.83. The Balaban J connectivity index is 2.33. The van der Waals surface area contributed by atoms with Crippen LogP contribution in [0.1, 0.15) is 5.56 Å². The number of benzene rings is 1. The Bertz CT molecular complexity index is 771. The number of pyridine rings is 2. The summed E-state index contributed by atoms with van der Waals surface area (Å²) in [6, 6.07) is 10.0. The second-order valence-electron chi connectivity index (χ2n) is 4.28. The molecule has 0 bridgehead atoms. The van der Waals surface area contributed by atoms with E-state index >= 15 is 0 Å². The van der Waals surface area contributed by atoms with E-state index in [0.29, 0.717) is 21.9 Å². The Hall–Kier alpha value is -2.00. The lowest BCUT2D eigenvalue weighted by Gasteiger charge is -2.09. The zero-order chi connectivity index (χ0) is 13.4.